The van der Waals surface area contributed by atoms with Crippen LogP contribution in [-0.2, 0) is 0 Å². The Balaban J connectivity index is 2.35. The van der Waals surface area contributed by atoms with Crippen molar-refractivity contribution in [2.75, 3.05) is 0 Å². The number of rotatable bonds is 4. The number of hydrogen-bond donors (Lipinski definition) is 1. The summed E-state index contributed by atoms with van der Waals surface area (Å²) >= 11 is 0. The van der Waals surface area contributed by atoms with Crippen LogP contribution in [0.2, 0.25) is 0 Å². The van der Waals surface area contributed by atoms with Crippen molar-refractivity contribution >= 4 is 0 Å². The minimum Gasteiger partial charge on any atom is -0.311 e. The second kappa shape index (κ2) is 6.64. The van der Waals surface area contributed by atoms with Gasteiger partial charge in [-0.2, -0.15) is 0 Å². The van der Waals surface area contributed by atoms with Gasteiger partial charge in [0.25, 0.3) is 0 Å². The van der Waals surface area contributed by atoms with Crippen molar-refractivity contribution in [2.24, 2.45) is 17.8 Å². The Morgan fingerprint density at radius 3 is 2.12 bits per heavy atom. The van der Waals surface area contributed by atoms with Gasteiger partial charge in [-0.1, -0.05) is 40.5 Å². The zero-order valence-corrected chi connectivity index (χ0v) is 11.9. The summed E-state index contributed by atoms with van der Waals surface area (Å²) in [5.41, 5.74) is 0. The molecule has 96 valence electrons. The Kier molecular flexibility index (Phi) is 5.82. The quantitative estimate of drug-likeness (QED) is 0.706. The molecule has 0 amide bonds. The molecule has 0 aromatic rings. The SMILES string of the molecule is CC(C)C1CCCC(NC(C)C(C)C)CC1. The van der Waals surface area contributed by atoms with Crippen LogP contribution < -0.4 is 5.32 Å². The van der Waals surface area contributed by atoms with Gasteiger partial charge in [0.2, 0.25) is 0 Å². The first-order chi connectivity index (χ1) is 7.50. The monoisotopic (exact) mass is 225 g/mol. The molecule has 1 aliphatic carbocycles. The van der Waals surface area contributed by atoms with E-state index in [9.17, 15) is 0 Å². The lowest BCUT2D eigenvalue weighted by Gasteiger charge is -2.25. The van der Waals surface area contributed by atoms with E-state index in [-0.39, 0.29) is 0 Å². The Morgan fingerprint density at radius 1 is 0.875 bits per heavy atom. The fraction of sp³-hybridized carbons (Fsp3) is 1.00. The molecule has 1 rings (SSSR count). The summed E-state index contributed by atoms with van der Waals surface area (Å²) in [6, 6.07) is 1.45. The van der Waals surface area contributed by atoms with Gasteiger partial charge in [-0.25, -0.2) is 0 Å². The Hall–Kier alpha value is -0.0400. The van der Waals surface area contributed by atoms with Crippen molar-refractivity contribution in [2.45, 2.75) is 78.8 Å². The van der Waals surface area contributed by atoms with Gasteiger partial charge in [-0.05, 0) is 43.9 Å². The molecular formula is C15H31N. The van der Waals surface area contributed by atoms with Crippen LogP contribution in [0.5, 0.6) is 0 Å². The predicted molar refractivity (Wildman–Crippen MR) is 72.6 cm³/mol. The Morgan fingerprint density at radius 2 is 1.56 bits per heavy atom. The standard InChI is InChI=1S/C15H31N/c1-11(2)13(5)16-15-8-6-7-14(9-10-15)12(3)4/h11-16H,6-10H2,1-5H3. The summed E-state index contributed by atoms with van der Waals surface area (Å²) in [4.78, 5) is 0. The van der Waals surface area contributed by atoms with Crippen LogP contribution in [0.25, 0.3) is 0 Å². The molecule has 1 nitrogen and oxygen atoms in total. The summed E-state index contributed by atoms with van der Waals surface area (Å²) in [5, 5.41) is 3.82. The van der Waals surface area contributed by atoms with Gasteiger partial charge in [-0.3, -0.25) is 0 Å². The zero-order chi connectivity index (χ0) is 12.1. The highest BCUT2D eigenvalue weighted by molar-refractivity contribution is 4.79. The second-order valence-electron chi connectivity index (χ2n) is 6.41. The van der Waals surface area contributed by atoms with E-state index in [1.54, 1.807) is 0 Å². The molecule has 1 saturated carbocycles. The average molecular weight is 225 g/mol. The molecule has 0 bridgehead atoms. The van der Waals surface area contributed by atoms with Crippen LogP contribution in [0, 0.1) is 17.8 Å². The Bertz CT molecular complexity index is 186. The van der Waals surface area contributed by atoms with Crippen LogP contribution in [0.4, 0.5) is 0 Å². The van der Waals surface area contributed by atoms with Gasteiger partial charge in [0.05, 0.1) is 0 Å². The van der Waals surface area contributed by atoms with E-state index in [1.807, 2.05) is 0 Å². The molecule has 0 saturated heterocycles. The maximum absolute atomic E-state index is 3.82. The fourth-order valence-electron chi connectivity index (χ4n) is 2.73. The molecule has 1 aliphatic rings. The van der Waals surface area contributed by atoms with Crippen molar-refractivity contribution in [3.63, 3.8) is 0 Å². The molecule has 1 heteroatoms. The highest BCUT2D eigenvalue weighted by Crippen LogP contribution is 2.29. The van der Waals surface area contributed by atoms with Crippen LogP contribution in [0.15, 0.2) is 0 Å². The maximum Gasteiger partial charge on any atom is 0.00697 e. The maximum atomic E-state index is 3.82. The largest absolute Gasteiger partial charge is 0.311 e. The molecule has 0 aromatic carbocycles. The number of nitrogens with one attached hydrogen (secondary N) is 1. The van der Waals surface area contributed by atoms with Crippen molar-refractivity contribution in [1.82, 2.24) is 5.32 Å². The first-order valence-corrected chi connectivity index (χ1v) is 7.26. The van der Waals surface area contributed by atoms with Gasteiger partial charge < -0.3 is 5.32 Å². The summed E-state index contributed by atoms with van der Waals surface area (Å²) < 4.78 is 0. The highest BCUT2D eigenvalue weighted by Gasteiger charge is 2.22. The third kappa shape index (κ3) is 4.45. The minimum absolute atomic E-state index is 0.667. The van der Waals surface area contributed by atoms with E-state index in [4.69, 9.17) is 0 Å². The van der Waals surface area contributed by atoms with Crippen LogP contribution in [0.3, 0.4) is 0 Å². The Labute approximate surface area is 102 Å². The molecule has 3 atom stereocenters. The van der Waals surface area contributed by atoms with Gasteiger partial charge in [0, 0.05) is 12.1 Å². The average Bonchev–Trinajstić information content (AvgIpc) is 2.43. The first kappa shape index (κ1) is 14.0. The highest BCUT2D eigenvalue weighted by atomic mass is 14.9. The molecule has 1 fully saturated rings. The van der Waals surface area contributed by atoms with E-state index >= 15 is 0 Å². The van der Waals surface area contributed by atoms with Crippen LogP contribution in [0.1, 0.15) is 66.7 Å². The molecule has 1 N–H and O–H groups in total. The summed E-state index contributed by atoms with van der Waals surface area (Å²) in [6.07, 6.45) is 7.08. The summed E-state index contributed by atoms with van der Waals surface area (Å²) in [5.74, 6) is 2.60. The molecule has 3 unspecified atom stereocenters. The smallest absolute Gasteiger partial charge is 0.00697 e. The first-order valence-electron chi connectivity index (χ1n) is 7.26. The van der Waals surface area contributed by atoms with E-state index in [0.717, 1.165) is 23.8 Å². The lowest BCUT2D eigenvalue weighted by molar-refractivity contribution is 0.324. The van der Waals surface area contributed by atoms with Crippen molar-refractivity contribution in [3.05, 3.63) is 0 Å². The molecular weight excluding hydrogens is 194 g/mol. The van der Waals surface area contributed by atoms with E-state index in [0.29, 0.717) is 6.04 Å². The van der Waals surface area contributed by atoms with Crippen molar-refractivity contribution in [1.29, 1.82) is 0 Å². The van der Waals surface area contributed by atoms with Gasteiger partial charge in [0.15, 0.2) is 0 Å². The van der Waals surface area contributed by atoms with Gasteiger partial charge in [0.1, 0.15) is 0 Å². The predicted octanol–water partition coefficient (Wildman–Crippen LogP) is 4.23. The van der Waals surface area contributed by atoms with Crippen LogP contribution >= 0.6 is 0 Å². The fourth-order valence-corrected chi connectivity index (χ4v) is 2.73. The molecule has 16 heavy (non-hydrogen) atoms. The third-order valence-corrected chi connectivity index (χ3v) is 4.45. The van der Waals surface area contributed by atoms with E-state index in [2.05, 4.69) is 39.9 Å². The summed E-state index contributed by atoms with van der Waals surface area (Å²) in [6.45, 7) is 11.7. The van der Waals surface area contributed by atoms with E-state index < -0.39 is 0 Å². The van der Waals surface area contributed by atoms with Crippen molar-refractivity contribution < 1.29 is 0 Å². The lowest BCUT2D eigenvalue weighted by atomic mass is 9.89. The third-order valence-electron chi connectivity index (χ3n) is 4.45. The number of hydrogen-bond acceptors (Lipinski definition) is 1. The lowest BCUT2D eigenvalue weighted by Crippen LogP contribution is -2.39. The zero-order valence-electron chi connectivity index (χ0n) is 11.9. The minimum atomic E-state index is 0.667. The second-order valence-corrected chi connectivity index (χ2v) is 6.41. The van der Waals surface area contributed by atoms with E-state index in [1.165, 1.54) is 32.1 Å². The molecule has 0 radical (unpaired) electrons. The molecule has 0 spiro atoms. The topological polar surface area (TPSA) is 12.0 Å². The summed E-state index contributed by atoms with van der Waals surface area (Å²) in [7, 11) is 0. The van der Waals surface area contributed by atoms with Crippen LogP contribution in [-0.4, -0.2) is 12.1 Å². The normalized spacial score (nSPS) is 29.4. The molecule has 0 aromatic heterocycles. The van der Waals surface area contributed by atoms with Gasteiger partial charge in [-0.15, -0.1) is 0 Å². The molecule has 0 aliphatic heterocycles. The van der Waals surface area contributed by atoms with Gasteiger partial charge >= 0.3 is 0 Å². The molecule has 0 heterocycles. The van der Waals surface area contributed by atoms with Crippen molar-refractivity contribution in [3.8, 4) is 0 Å².